The maximum Gasteiger partial charge on any atom is 0.193 e. The molecule has 0 saturated carbocycles. The lowest BCUT2D eigenvalue weighted by molar-refractivity contribution is 0.103. The zero-order chi connectivity index (χ0) is 14.9. The fourth-order valence-electron chi connectivity index (χ4n) is 2.90. The number of para-hydroxylation sites is 1. The summed E-state index contributed by atoms with van der Waals surface area (Å²) in [4.78, 5) is 12.7. The molecule has 0 heterocycles. The van der Waals surface area contributed by atoms with Crippen LogP contribution in [0.25, 0.3) is 0 Å². The van der Waals surface area contributed by atoms with E-state index in [1.807, 2.05) is 72.8 Å². The minimum atomic E-state index is 0.0790. The number of fused-ring (bicyclic) bond motifs is 2. The Hall–Kier alpha value is -2.87. The molecule has 0 radical (unpaired) electrons. The molecule has 0 aliphatic heterocycles. The zero-order valence-electron chi connectivity index (χ0n) is 12.0. The van der Waals surface area contributed by atoms with Gasteiger partial charge < -0.3 is 4.74 Å². The minimum absolute atomic E-state index is 0.0790. The summed E-state index contributed by atoms with van der Waals surface area (Å²) in [5, 5.41) is 0. The van der Waals surface area contributed by atoms with Crippen LogP contribution in [0.2, 0.25) is 0 Å². The smallest absolute Gasteiger partial charge is 0.193 e. The molecule has 0 unspecified atom stereocenters. The van der Waals surface area contributed by atoms with Crippen LogP contribution in [0, 0.1) is 0 Å². The van der Waals surface area contributed by atoms with E-state index in [1.165, 1.54) is 0 Å². The van der Waals surface area contributed by atoms with Gasteiger partial charge in [-0.3, -0.25) is 4.79 Å². The molecule has 0 atom stereocenters. The van der Waals surface area contributed by atoms with Gasteiger partial charge in [0.05, 0.1) is 0 Å². The number of ketones is 1. The third-order valence-corrected chi connectivity index (χ3v) is 3.98. The lowest BCUT2D eigenvalue weighted by Gasteiger charge is -2.21. The average molecular weight is 286 g/mol. The topological polar surface area (TPSA) is 26.3 Å². The molecule has 2 nitrogen and oxygen atoms in total. The molecule has 4 rings (SSSR count). The highest BCUT2D eigenvalue weighted by Crippen LogP contribution is 2.35. The summed E-state index contributed by atoms with van der Waals surface area (Å²) in [6.45, 7) is 0. The molecule has 0 saturated heterocycles. The Morgan fingerprint density at radius 2 is 1.45 bits per heavy atom. The van der Waals surface area contributed by atoms with Crippen molar-refractivity contribution in [1.82, 2.24) is 0 Å². The second kappa shape index (κ2) is 5.15. The van der Waals surface area contributed by atoms with Gasteiger partial charge in [-0.1, -0.05) is 54.6 Å². The average Bonchev–Trinajstić information content (AvgIpc) is 2.57. The number of carbonyl (C=O) groups excluding carboxylic acids is 1. The first-order valence-corrected chi connectivity index (χ1v) is 7.30. The van der Waals surface area contributed by atoms with E-state index in [-0.39, 0.29) is 5.78 Å². The third-order valence-electron chi connectivity index (χ3n) is 3.98. The minimum Gasteiger partial charge on any atom is -0.457 e. The first kappa shape index (κ1) is 12.8. The van der Waals surface area contributed by atoms with Gasteiger partial charge >= 0.3 is 0 Å². The van der Waals surface area contributed by atoms with E-state index < -0.39 is 0 Å². The molecule has 3 aromatic carbocycles. The molecule has 22 heavy (non-hydrogen) atoms. The highest BCUT2D eigenvalue weighted by molar-refractivity contribution is 6.12. The molecule has 1 aliphatic rings. The number of carbonyl (C=O) groups is 1. The molecule has 0 fully saturated rings. The van der Waals surface area contributed by atoms with Crippen molar-refractivity contribution in [2.75, 3.05) is 0 Å². The summed E-state index contributed by atoms with van der Waals surface area (Å²) in [5.74, 6) is 1.61. The molecule has 2 heteroatoms. The summed E-state index contributed by atoms with van der Waals surface area (Å²) in [7, 11) is 0. The quantitative estimate of drug-likeness (QED) is 0.537. The van der Waals surface area contributed by atoms with Crippen LogP contribution in [0.4, 0.5) is 0 Å². The van der Waals surface area contributed by atoms with Crippen LogP contribution >= 0.6 is 0 Å². The Labute approximate surface area is 129 Å². The summed E-state index contributed by atoms with van der Waals surface area (Å²) < 4.78 is 5.99. The van der Waals surface area contributed by atoms with E-state index in [2.05, 4.69) is 0 Å². The van der Waals surface area contributed by atoms with E-state index in [1.54, 1.807) is 0 Å². The molecular formula is C20H14O2. The van der Waals surface area contributed by atoms with E-state index in [0.29, 0.717) is 0 Å². The van der Waals surface area contributed by atoms with Crippen LogP contribution in [0.5, 0.6) is 11.5 Å². The lowest BCUT2D eigenvalue weighted by atomic mass is 9.84. The SMILES string of the molecule is O=C1c2ccccc2Cc2c(Oc3ccccc3)cccc21. The van der Waals surface area contributed by atoms with Crippen LogP contribution in [0.3, 0.4) is 0 Å². The first-order chi connectivity index (χ1) is 10.8. The Kier molecular flexibility index (Phi) is 3.01. The molecular weight excluding hydrogens is 272 g/mol. The van der Waals surface area contributed by atoms with Gasteiger partial charge in [0, 0.05) is 23.1 Å². The largest absolute Gasteiger partial charge is 0.457 e. The van der Waals surface area contributed by atoms with Crippen LogP contribution in [0.1, 0.15) is 27.0 Å². The van der Waals surface area contributed by atoms with Crippen LogP contribution in [-0.2, 0) is 6.42 Å². The normalized spacial score (nSPS) is 12.5. The molecule has 0 N–H and O–H groups in total. The number of hydrogen-bond acceptors (Lipinski definition) is 2. The highest BCUT2D eigenvalue weighted by atomic mass is 16.5. The van der Waals surface area contributed by atoms with Crippen molar-refractivity contribution in [3.05, 3.63) is 95.1 Å². The molecule has 0 spiro atoms. The summed E-state index contributed by atoms with van der Waals surface area (Å²) in [6, 6.07) is 23.1. The van der Waals surface area contributed by atoms with Gasteiger partial charge in [-0.15, -0.1) is 0 Å². The third kappa shape index (κ3) is 2.09. The van der Waals surface area contributed by atoms with Gasteiger partial charge in [0.1, 0.15) is 11.5 Å². The monoisotopic (exact) mass is 286 g/mol. The number of ether oxygens (including phenoxy) is 1. The van der Waals surface area contributed by atoms with Crippen LogP contribution < -0.4 is 4.74 Å². The second-order valence-corrected chi connectivity index (χ2v) is 5.36. The molecule has 0 bridgehead atoms. The van der Waals surface area contributed by atoms with Crippen molar-refractivity contribution >= 4 is 5.78 Å². The van der Waals surface area contributed by atoms with Gasteiger partial charge in [0.25, 0.3) is 0 Å². The van der Waals surface area contributed by atoms with Crippen molar-refractivity contribution in [1.29, 1.82) is 0 Å². The number of benzene rings is 3. The molecule has 0 amide bonds. The van der Waals surface area contributed by atoms with Crippen LogP contribution in [-0.4, -0.2) is 5.78 Å². The van der Waals surface area contributed by atoms with Crippen molar-refractivity contribution in [3.8, 4) is 11.5 Å². The predicted molar refractivity (Wildman–Crippen MR) is 85.6 cm³/mol. The summed E-state index contributed by atoms with van der Waals surface area (Å²) in [6.07, 6.45) is 0.722. The fraction of sp³-hybridized carbons (Fsp3) is 0.0500. The summed E-state index contributed by atoms with van der Waals surface area (Å²) in [5.41, 5.74) is 3.57. The maximum atomic E-state index is 12.7. The Bertz CT molecular complexity index is 851. The molecule has 1 aliphatic carbocycles. The predicted octanol–water partition coefficient (Wildman–Crippen LogP) is 4.61. The Morgan fingerprint density at radius 1 is 0.727 bits per heavy atom. The van der Waals surface area contributed by atoms with E-state index in [9.17, 15) is 4.79 Å². The van der Waals surface area contributed by atoms with Crippen molar-refractivity contribution in [2.24, 2.45) is 0 Å². The standard InChI is InChI=1S/C20H14O2/c21-20-16-10-5-4-7-14(16)13-18-17(20)11-6-12-19(18)22-15-8-2-1-3-9-15/h1-12H,13H2. The van der Waals surface area contributed by atoms with Crippen molar-refractivity contribution in [3.63, 3.8) is 0 Å². The van der Waals surface area contributed by atoms with Crippen molar-refractivity contribution < 1.29 is 9.53 Å². The second-order valence-electron chi connectivity index (χ2n) is 5.36. The highest BCUT2D eigenvalue weighted by Gasteiger charge is 2.25. The molecule has 0 aromatic heterocycles. The molecule has 106 valence electrons. The van der Waals surface area contributed by atoms with Crippen LogP contribution in [0.15, 0.2) is 72.8 Å². The van der Waals surface area contributed by atoms with E-state index in [0.717, 1.165) is 40.2 Å². The van der Waals surface area contributed by atoms with Crippen molar-refractivity contribution in [2.45, 2.75) is 6.42 Å². The summed E-state index contributed by atoms with van der Waals surface area (Å²) >= 11 is 0. The van der Waals surface area contributed by atoms with E-state index in [4.69, 9.17) is 4.74 Å². The lowest BCUT2D eigenvalue weighted by Crippen LogP contribution is -2.15. The zero-order valence-corrected chi connectivity index (χ0v) is 12.0. The van der Waals surface area contributed by atoms with Gasteiger partial charge in [0.2, 0.25) is 0 Å². The van der Waals surface area contributed by atoms with E-state index >= 15 is 0 Å². The maximum absolute atomic E-state index is 12.7. The van der Waals surface area contributed by atoms with Gasteiger partial charge in [-0.25, -0.2) is 0 Å². The Balaban J connectivity index is 1.79. The number of hydrogen-bond donors (Lipinski definition) is 0. The Morgan fingerprint density at radius 3 is 2.32 bits per heavy atom. The first-order valence-electron chi connectivity index (χ1n) is 7.30. The van der Waals surface area contributed by atoms with Gasteiger partial charge in [-0.05, 0) is 23.8 Å². The fourth-order valence-corrected chi connectivity index (χ4v) is 2.90. The molecule has 3 aromatic rings. The van der Waals surface area contributed by atoms with Gasteiger partial charge in [-0.2, -0.15) is 0 Å². The van der Waals surface area contributed by atoms with Gasteiger partial charge in [0.15, 0.2) is 5.78 Å². The number of rotatable bonds is 2.